The average molecular weight is 373 g/mol. The molecule has 1 unspecified atom stereocenters. The molecule has 0 saturated carbocycles. The van der Waals surface area contributed by atoms with Gasteiger partial charge in [0.25, 0.3) is 0 Å². The molecule has 0 N–H and O–H groups in total. The Balaban J connectivity index is 1.86. The number of benzene rings is 1. The van der Waals surface area contributed by atoms with Crippen LogP contribution in [0.5, 0.6) is 5.75 Å². The molecule has 0 aliphatic carbocycles. The van der Waals surface area contributed by atoms with E-state index in [9.17, 15) is 22.8 Å². The Morgan fingerprint density at radius 1 is 1.23 bits per heavy atom. The highest BCUT2D eigenvalue weighted by atomic mass is 19.4. The van der Waals surface area contributed by atoms with E-state index in [1.54, 1.807) is 0 Å². The summed E-state index contributed by atoms with van der Waals surface area (Å²) in [5.74, 6) is -0.392. The molecule has 26 heavy (non-hydrogen) atoms. The van der Waals surface area contributed by atoms with Crippen LogP contribution in [0.2, 0.25) is 0 Å². The van der Waals surface area contributed by atoms with Crippen molar-refractivity contribution >= 4 is 12.4 Å². The van der Waals surface area contributed by atoms with Crippen LogP contribution in [0.3, 0.4) is 0 Å². The second-order valence-corrected chi connectivity index (χ2v) is 5.93. The molecular weight excluding hydrogens is 353 g/mol. The van der Waals surface area contributed by atoms with Crippen LogP contribution < -0.4 is 4.74 Å². The fourth-order valence-corrected chi connectivity index (χ4v) is 2.67. The summed E-state index contributed by atoms with van der Waals surface area (Å²) < 4.78 is 46.3. The normalized spacial score (nSPS) is 16.8. The molecule has 0 bridgehead atoms. The van der Waals surface area contributed by atoms with Gasteiger partial charge in [0.15, 0.2) is 6.29 Å². The number of para-hydroxylation sites is 1. The van der Waals surface area contributed by atoms with Gasteiger partial charge in [0.2, 0.25) is 0 Å². The number of rotatable bonds is 6. The topological polar surface area (TPSA) is 59.1 Å². The molecular formula is C17H20F3N2O4. The number of carbonyl (C=O) groups is 1. The summed E-state index contributed by atoms with van der Waals surface area (Å²) >= 11 is 0. The van der Waals surface area contributed by atoms with Crippen molar-refractivity contribution in [3.05, 3.63) is 29.8 Å². The summed E-state index contributed by atoms with van der Waals surface area (Å²) in [6.07, 6.45) is -3.23. The number of hydrogen-bond acceptors (Lipinski definition) is 5. The van der Waals surface area contributed by atoms with Crippen LogP contribution in [-0.4, -0.2) is 60.8 Å². The molecule has 1 amide bonds. The van der Waals surface area contributed by atoms with Gasteiger partial charge in [-0.05, 0) is 13.0 Å². The molecule has 1 aromatic carbocycles. The fourth-order valence-electron chi connectivity index (χ4n) is 2.67. The maximum absolute atomic E-state index is 12.4. The first-order valence-electron chi connectivity index (χ1n) is 8.14. The highest BCUT2D eigenvalue weighted by Crippen LogP contribution is 2.26. The molecule has 1 heterocycles. The lowest BCUT2D eigenvalue weighted by atomic mass is 10.2. The molecule has 1 aliphatic rings. The van der Waals surface area contributed by atoms with E-state index >= 15 is 0 Å². The lowest BCUT2D eigenvalue weighted by molar-refractivity contribution is -0.275. The quantitative estimate of drug-likeness (QED) is 0.767. The molecule has 0 spiro atoms. The average Bonchev–Trinajstić information content (AvgIpc) is 2.60. The molecule has 6 nitrogen and oxygen atoms in total. The van der Waals surface area contributed by atoms with Crippen molar-refractivity contribution in [2.45, 2.75) is 32.4 Å². The van der Waals surface area contributed by atoms with E-state index in [1.165, 1.54) is 29.2 Å². The summed E-state index contributed by atoms with van der Waals surface area (Å²) in [6, 6.07) is 5.57. The van der Waals surface area contributed by atoms with E-state index in [-0.39, 0.29) is 18.2 Å². The van der Waals surface area contributed by atoms with Gasteiger partial charge in [0.1, 0.15) is 12.4 Å². The zero-order chi connectivity index (χ0) is 19.2. The van der Waals surface area contributed by atoms with Crippen molar-refractivity contribution in [3.8, 4) is 5.75 Å². The van der Waals surface area contributed by atoms with Crippen LogP contribution in [0, 0.1) is 0 Å². The molecule has 1 aliphatic heterocycles. The van der Waals surface area contributed by atoms with E-state index in [1.807, 2.05) is 13.2 Å². The molecule has 0 aromatic heterocycles. The number of amides is 1. The van der Waals surface area contributed by atoms with Crippen LogP contribution in [-0.2, 0) is 16.1 Å². The van der Waals surface area contributed by atoms with Crippen molar-refractivity contribution < 1.29 is 32.2 Å². The summed E-state index contributed by atoms with van der Waals surface area (Å²) in [5.41, 5.74) is 0.131. The smallest absolute Gasteiger partial charge is 0.444 e. The number of halogens is 3. The van der Waals surface area contributed by atoms with Crippen molar-refractivity contribution in [1.29, 1.82) is 0 Å². The minimum atomic E-state index is -4.81. The third-order valence-electron chi connectivity index (χ3n) is 4.12. The Bertz CT molecular complexity index is 616. The standard InChI is InChI=1S/C17H20F3N2O4/c1-13(6-11-23)21-7-9-22(10-8-21)16(24)25-12-14-4-2-3-5-15(14)26-17(18,19)20/h2-5,13H,6-10,12H2,1H3. The number of carbonyl (C=O) groups excluding carboxylic acids is 2. The third kappa shape index (κ3) is 5.91. The predicted octanol–water partition coefficient (Wildman–Crippen LogP) is 2.73. The maximum Gasteiger partial charge on any atom is 0.573 e. The second kappa shape index (κ2) is 8.88. The van der Waals surface area contributed by atoms with Crippen molar-refractivity contribution in [3.63, 3.8) is 0 Å². The van der Waals surface area contributed by atoms with Gasteiger partial charge in [0.05, 0.1) is 0 Å². The highest BCUT2D eigenvalue weighted by molar-refractivity contribution is 5.67. The molecule has 1 radical (unpaired) electrons. The SMILES string of the molecule is CC(C[C]=O)N1CCN(C(=O)OCc2ccccc2OC(F)(F)F)CC1. The first-order chi connectivity index (χ1) is 12.3. The number of hydrogen-bond donors (Lipinski definition) is 0. The van der Waals surface area contributed by atoms with E-state index in [2.05, 4.69) is 9.64 Å². The molecule has 2 rings (SSSR count). The first-order valence-corrected chi connectivity index (χ1v) is 8.14. The van der Waals surface area contributed by atoms with E-state index in [0.29, 0.717) is 32.6 Å². The second-order valence-electron chi connectivity index (χ2n) is 5.93. The highest BCUT2D eigenvalue weighted by Gasteiger charge is 2.32. The number of alkyl halides is 3. The molecule has 9 heteroatoms. The Hall–Kier alpha value is -2.29. The van der Waals surface area contributed by atoms with E-state index in [4.69, 9.17) is 4.74 Å². The van der Waals surface area contributed by atoms with Crippen LogP contribution in [0.4, 0.5) is 18.0 Å². The molecule has 1 aromatic rings. The van der Waals surface area contributed by atoms with Gasteiger partial charge in [0, 0.05) is 44.2 Å². The van der Waals surface area contributed by atoms with Crippen LogP contribution in [0.15, 0.2) is 24.3 Å². The van der Waals surface area contributed by atoms with E-state index < -0.39 is 18.2 Å². The largest absolute Gasteiger partial charge is 0.573 e. The fraction of sp³-hybridized carbons (Fsp3) is 0.529. The van der Waals surface area contributed by atoms with Crippen LogP contribution >= 0.6 is 0 Å². The Morgan fingerprint density at radius 3 is 2.50 bits per heavy atom. The Kier molecular flexibility index (Phi) is 6.84. The zero-order valence-electron chi connectivity index (χ0n) is 14.3. The van der Waals surface area contributed by atoms with Crippen LogP contribution in [0.1, 0.15) is 18.9 Å². The summed E-state index contributed by atoms with van der Waals surface area (Å²) in [5, 5.41) is 0. The number of ether oxygens (including phenoxy) is 2. The summed E-state index contributed by atoms with van der Waals surface area (Å²) in [4.78, 5) is 26.1. The van der Waals surface area contributed by atoms with Gasteiger partial charge in [-0.1, -0.05) is 18.2 Å². The van der Waals surface area contributed by atoms with Crippen molar-refractivity contribution in [2.24, 2.45) is 0 Å². The van der Waals surface area contributed by atoms with Gasteiger partial charge >= 0.3 is 12.5 Å². The summed E-state index contributed by atoms with van der Waals surface area (Å²) in [6.45, 7) is 3.61. The Labute approximate surface area is 149 Å². The number of nitrogens with zero attached hydrogens (tertiary/aromatic N) is 2. The van der Waals surface area contributed by atoms with Gasteiger partial charge in [-0.25, -0.2) is 4.79 Å². The van der Waals surface area contributed by atoms with E-state index in [0.717, 1.165) is 0 Å². The predicted molar refractivity (Wildman–Crippen MR) is 86.2 cm³/mol. The molecule has 1 fully saturated rings. The molecule has 1 atom stereocenters. The molecule has 1 saturated heterocycles. The van der Waals surface area contributed by atoms with Crippen LogP contribution in [0.25, 0.3) is 0 Å². The molecule has 143 valence electrons. The monoisotopic (exact) mass is 373 g/mol. The minimum Gasteiger partial charge on any atom is -0.444 e. The van der Waals surface area contributed by atoms with Crippen molar-refractivity contribution in [2.75, 3.05) is 26.2 Å². The lowest BCUT2D eigenvalue weighted by Gasteiger charge is -2.36. The minimum absolute atomic E-state index is 0.0528. The van der Waals surface area contributed by atoms with Gasteiger partial charge in [-0.3, -0.25) is 9.69 Å². The maximum atomic E-state index is 12.4. The first kappa shape index (κ1) is 20.0. The Morgan fingerprint density at radius 2 is 1.88 bits per heavy atom. The van der Waals surface area contributed by atoms with Gasteiger partial charge in [-0.2, -0.15) is 0 Å². The third-order valence-corrected chi connectivity index (χ3v) is 4.12. The lowest BCUT2D eigenvalue weighted by Crippen LogP contribution is -2.51. The number of piperazine rings is 1. The van der Waals surface area contributed by atoms with Crippen molar-refractivity contribution in [1.82, 2.24) is 9.80 Å². The van der Waals surface area contributed by atoms with Gasteiger partial charge in [-0.15, -0.1) is 13.2 Å². The van der Waals surface area contributed by atoms with Gasteiger partial charge < -0.3 is 14.4 Å². The summed E-state index contributed by atoms with van der Waals surface area (Å²) in [7, 11) is 0. The zero-order valence-corrected chi connectivity index (χ0v) is 14.3.